The van der Waals surface area contributed by atoms with Gasteiger partial charge in [0.1, 0.15) is 5.52 Å². The number of carbonyl (C=O) groups is 2. The van der Waals surface area contributed by atoms with E-state index in [9.17, 15) is 9.59 Å². The Labute approximate surface area is 172 Å². The van der Waals surface area contributed by atoms with E-state index in [4.69, 9.17) is 10.2 Å². The Balaban J connectivity index is 1.38. The van der Waals surface area contributed by atoms with Gasteiger partial charge < -0.3 is 15.5 Å². The molecule has 150 valence electrons. The quantitative estimate of drug-likeness (QED) is 0.581. The summed E-state index contributed by atoms with van der Waals surface area (Å²) in [6.45, 7) is 1.39. The monoisotopic (exact) mass is 410 g/mol. The van der Waals surface area contributed by atoms with Crippen molar-refractivity contribution >= 4 is 40.4 Å². The van der Waals surface area contributed by atoms with Crippen LogP contribution in [0.15, 0.2) is 58.2 Å². The van der Waals surface area contributed by atoms with Gasteiger partial charge in [0.05, 0.1) is 11.8 Å². The standard InChI is InChI=1S/C21H22N4O3S/c22-20(27)17-9-5-11-25(17)12-14-6-1-2-7-15(14)23-19(26)13-29-21-24-16-8-3-4-10-18(16)28-21/h1-4,6-8,10,17H,5,9,11-13H2,(H2,22,27)(H,23,26). The Kier molecular flexibility index (Phi) is 5.82. The Morgan fingerprint density at radius 2 is 2.00 bits per heavy atom. The molecular formula is C21H22N4O3S. The highest BCUT2D eigenvalue weighted by atomic mass is 32.2. The van der Waals surface area contributed by atoms with Crippen LogP contribution in [0, 0.1) is 0 Å². The highest BCUT2D eigenvalue weighted by Gasteiger charge is 2.29. The minimum atomic E-state index is -0.293. The molecule has 3 aromatic rings. The van der Waals surface area contributed by atoms with Crippen LogP contribution < -0.4 is 11.1 Å². The molecule has 29 heavy (non-hydrogen) atoms. The van der Waals surface area contributed by atoms with Crippen LogP contribution >= 0.6 is 11.8 Å². The van der Waals surface area contributed by atoms with E-state index in [1.165, 1.54) is 11.8 Å². The van der Waals surface area contributed by atoms with E-state index in [1.807, 2.05) is 48.5 Å². The molecule has 8 heteroatoms. The summed E-state index contributed by atoms with van der Waals surface area (Å²) in [7, 11) is 0. The largest absolute Gasteiger partial charge is 0.431 e. The number of likely N-dealkylation sites (tertiary alicyclic amines) is 1. The second kappa shape index (κ2) is 8.67. The molecule has 1 aliphatic heterocycles. The van der Waals surface area contributed by atoms with E-state index >= 15 is 0 Å². The highest BCUT2D eigenvalue weighted by Crippen LogP contribution is 2.25. The maximum atomic E-state index is 12.5. The maximum absolute atomic E-state index is 12.5. The van der Waals surface area contributed by atoms with E-state index < -0.39 is 0 Å². The molecule has 1 saturated heterocycles. The zero-order valence-corrected chi connectivity index (χ0v) is 16.7. The molecule has 3 N–H and O–H groups in total. The maximum Gasteiger partial charge on any atom is 0.257 e. The fourth-order valence-electron chi connectivity index (χ4n) is 3.56. The molecule has 2 amide bonds. The highest BCUT2D eigenvalue weighted by molar-refractivity contribution is 7.99. The predicted octanol–water partition coefficient (Wildman–Crippen LogP) is 3.01. The van der Waals surface area contributed by atoms with Crippen LogP contribution in [0.1, 0.15) is 18.4 Å². The molecule has 1 aromatic heterocycles. The van der Waals surface area contributed by atoms with E-state index in [-0.39, 0.29) is 23.6 Å². The predicted molar refractivity (Wildman–Crippen MR) is 112 cm³/mol. The topological polar surface area (TPSA) is 101 Å². The number of nitrogens with two attached hydrogens (primary N) is 1. The van der Waals surface area contributed by atoms with Crippen LogP contribution in [0.25, 0.3) is 11.1 Å². The first-order valence-electron chi connectivity index (χ1n) is 9.49. The van der Waals surface area contributed by atoms with E-state index in [2.05, 4.69) is 15.2 Å². The van der Waals surface area contributed by atoms with Gasteiger partial charge in [0.2, 0.25) is 11.8 Å². The lowest BCUT2D eigenvalue weighted by Gasteiger charge is -2.23. The number of carbonyl (C=O) groups excluding carboxylic acids is 2. The summed E-state index contributed by atoms with van der Waals surface area (Å²) in [5.41, 5.74) is 8.69. The molecule has 0 saturated carbocycles. The first kappa shape index (κ1) is 19.5. The lowest BCUT2D eigenvalue weighted by atomic mass is 10.1. The molecule has 0 aliphatic carbocycles. The third-order valence-corrected chi connectivity index (χ3v) is 5.79. The number of oxazole rings is 1. The van der Waals surface area contributed by atoms with E-state index in [1.54, 1.807) is 0 Å². The third-order valence-electron chi connectivity index (χ3n) is 4.96. The molecule has 1 unspecified atom stereocenters. The second-order valence-corrected chi connectivity index (χ2v) is 7.90. The number of thioether (sulfide) groups is 1. The Hall–Kier alpha value is -2.84. The average molecular weight is 410 g/mol. The number of nitrogens with zero attached hydrogens (tertiary/aromatic N) is 2. The molecule has 4 rings (SSSR count). The van der Waals surface area contributed by atoms with Gasteiger partial charge in [-0.2, -0.15) is 0 Å². The number of hydrogen-bond acceptors (Lipinski definition) is 6. The summed E-state index contributed by atoms with van der Waals surface area (Å²) in [4.78, 5) is 30.6. The molecule has 0 bridgehead atoms. The van der Waals surface area contributed by atoms with Gasteiger partial charge in [0, 0.05) is 12.2 Å². The second-order valence-electron chi connectivity index (χ2n) is 6.97. The van der Waals surface area contributed by atoms with Crippen LogP contribution in [-0.2, 0) is 16.1 Å². The molecule has 2 heterocycles. The van der Waals surface area contributed by atoms with Crippen LogP contribution in [0.2, 0.25) is 0 Å². The smallest absolute Gasteiger partial charge is 0.257 e. The molecule has 1 aliphatic rings. The van der Waals surface area contributed by atoms with Crippen LogP contribution in [-0.4, -0.2) is 40.0 Å². The number of hydrogen-bond donors (Lipinski definition) is 2. The van der Waals surface area contributed by atoms with Crippen molar-refractivity contribution in [3.8, 4) is 0 Å². The van der Waals surface area contributed by atoms with Crippen molar-refractivity contribution < 1.29 is 14.0 Å². The SMILES string of the molecule is NC(=O)C1CCCN1Cc1ccccc1NC(=O)CSc1nc2ccccc2o1. The molecular weight excluding hydrogens is 388 g/mol. The van der Waals surface area contributed by atoms with Gasteiger partial charge in [-0.25, -0.2) is 4.98 Å². The molecule has 2 aromatic carbocycles. The average Bonchev–Trinajstić information content (AvgIpc) is 3.34. The third kappa shape index (κ3) is 4.60. The number of aromatic nitrogens is 1. The van der Waals surface area contributed by atoms with Gasteiger partial charge in [0.25, 0.3) is 5.22 Å². The minimum Gasteiger partial charge on any atom is -0.431 e. The van der Waals surface area contributed by atoms with Crippen molar-refractivity contribution in [3.63, 3.8) is 0 Å². The van der Waals surface area contributed by atoms with Crippen molar-refractivity contribution in [2.45, 2.75) is 30.7 Å². The van der Waals surface area contributed by atoms with Crippen molar-refractivity contribution in [2.24, 2.45) is 5.73 Å². The Morgan fingerprint density at radius 3 is 2.83 bits per heavy atom. The minimum absolute atomic E-state index is 0.141. The number of nitrogens with one attached hydrogen (secondary N) is 1. The van der Waals surface area contributed by atoms with Gasteiger partial charge in [0.15, 0.2) is 5.58 Å². The summed E-state index contributed by atoms with van der Waals surface area (Å²) in [6.07, 6.45) is 1.73. The van der Waals surface area contributed by atoms with Gasteiger partial charge in [-0.1, -0.05) is 42.1 Å². The number of anilines is 1. The summed E-state index contributed by atoms with van der Waals surface area (Å²) in [6, 6.07) is 14.9. The number of primary amides is 1. The first-order chi connectivity index (χ1) is 14.1. The molecule has 7 nitrogen and oxygen atoms in total. The summed E-state index contributed by atoms with van der Waals surface area (Å²) >= 11 is 1.26. The zero-order chi connectivity index (χ0) is 20.2. The van der Waals surface area contributed by atoms with Crippen molar-refractivity contribution in [2.75, 3.05) is 17.6 Å². The number of para-hydroxylation sites is 3. The fourth-order valence-corrected chi connectivity index (χ4v) is 4.20. The van der Waals surface area contributed by atoms with Gasteiger partial charge >= 0.3 is 0 Å². The van der Waals surface area contributed by atoms with E-state index in [0.29, 0.717) is 17.4 Å². The van der Waals surface area contributed by atoms with Crippen LogP contribution in [0.3, 0.4) is 0 Å². The lowest BCUT2D eigenvalue weighted by Crippen LogP contribution is -2.39. The molecule has 0 radical (unpaired) electrons. The van der Waals surface area contributed by atoms with Crippen molar-refractivity contribution in [1.82, 2.24) is 9.88 Å². The Morgan fingerprint density at radius 1 is 1.21 bits per heavy atom. The first-order valence-corrected chi connectivity index (χ1v) is 10.5. The fraction of sp³-hybridized carbons (Fsp3) is 0.286. The lowest BCUT2D eigenvalue weighted by molar-refractivity contribution is -0.122. The number of amides is 2. The zero-order valence-electron chi connectivity index (χ0n) is 15.8. The van der Waals surface area contributed by atoms with Crippen molar-refractivity contribution in [1.29, 1.82) is 0 Å². The normalized spacial score (nSPS) is 16.9. The van der Waals surface area contributed by atoms with E-state index in [0.717, 1.165) is 36.2 Å². The molecule has 1 fully saturated rings. The van der Waals surface area contributed by atoms with Crippen LogP contribution in [0.5, 0.6) is 0 Å². The van der Waals surface area contributed by atoms with Gasteiger partial charge in [-0.3, -0.25) is 14.5 Å². The summed E-state index contributed by atoms with van der Waals surface area (Å²) in [5, 5.41) is 3.43. The summed E-state index contributed by atoms with van der Waals surface area (Å²) in [5.74, 6) is -0.245. The van der Waals surface area contributed by atoms with Crippen molar-refractivity contribution in [3.05, 3.63) is 54.1 Å². The van der Waals surface area contributed by atoms with Gasteiger partial charge in [-0.15, -0.1) is 0 Å². The number of fused-ring (bicyclic) bond motifs is 1. The Bertz CT molecular complexity index is 1000. The molecule has 1 atom stereocenters. The molecule has 0 spiro atoms. The van der Waals surface area contributed by atoms with Crippen LogP contribution in [0.4, 0.5) is 5.69 Å². The summed E-state index contributed by atoms with van der Waals surface area (Å²) < 4.78 is 5.64. The number of rotatable bonds is 7. The number of benzene rings is 2. The van der Waals surface area contributed by atoms with Gasteiger partial charge in [-0.05, 0) is 43.1 Å².